The molecule has 0 bridgehead atoms. The highest BCUT2D eigenvalue weighted by Crippen LogP contribution is 2.21. The van der Waals surface area contributed by atoms with Crippen molar-refractivity contribution >= 4 is 17.5 Å². The molecular formula is C21H26N2O3. The highest BCUT2D eigenvalue weighted by molar-refractivity contribution is 5.92. The Kier molecular flexibility index (Phi) is 6.78. The molecule has 26 heavy (non-hydrogen) atoms. The van der Waals surface area contributed by atoms with Gasteiger partial charge in [-0.05, 0) is 44.5 Å². The topological polar surface area (TPSA) is 58.6 Å². The third kappa shape index (κ3) is 5.62. The van der Waals surface area contributed by atoms with Gasteiger partial charge in [-0.25, -0.2) is 0 Å². The summed E-state index contributed by atoms with van der Waals surface area (Å²) >= 11 is 0. The van der Waals surface area contributed by atoms with Crippen molar-refractivity contribution < 1.29 is 14.3 Å². The SMILES string of the molecule is CC(=O)N(CCNC(=O)COc1ccc(C)cc1)c1ccc(C)cc1C. The van der Waals surface area contributed by atoms with Crippen molar-refractivity contribution in [2.75, 3.05) is 24.6 Å². The molecule has 0 heterocycles. The fourth-order valence-corrected chi connectivity index (χ4v) is 2.70. The average Bonchev–Trinajstić information content (AvgIpc) is 2.59. The van der Waals surface area contributed by atoms with Crippen molar-refractivity contribution in [2.24, 2.45) is 0 Å². The molecule has 0 saturated heterocycles. The minimum atomic E-state index is -0.213. The molecule has 0 fully saturated rings. The number of carbonyl (C=O) groups excluding carboxylic acids is 2. The van der Waals surface area contributed by atoms with E-state index in [1.165, 1.54) is 6.92 Å². The minimum absolute atomic E-state index is 0.0489. The van der Waals surface area contributed by atoms with E-state index in [0.717, 1.165) is 22.4 Å². The van der Waals surface area contributed by atoms with Gasteiger partial charge in [-0.15, -0.1) is 0 Å². The summed E-state index contributed by atoms with van der Waals surface area (Å²) < 4.78 is 5.45. The van der Waals surface area contributed by atoms with Crippen molar-refractivity contribution in [3.63, 3.8) is 0 Å². The van der Waals surface area contributed by atoms with Crippen LogP contribution >= 0.6 is 0 Å². The van der Waals surface area contributed by atoms with E-state index in [1.54, 1.807) is 4.90 Å². The summed E-state index contributed by atoms with van der Waals surface area (Å²) in [4.78, 5) is 25.6. The van der Waals surface area contributed by atoms with Gasteiger partial charge in [0.1, 0.15) is 5.75 Å². The molecule has 5 nitrogen and oxygen atoms in total. The van der Waals surface area contributed by atoms with Gasteiger partial charge in [-0.3, -0.25) is 9.59 Å². The van der Waals surface area contributed by atoms with Crippen LogP contribution in [0, 0.1) is 20.8 Å². The van der Waals surface area contributed by atoms with Crippen LogP contribution in [0.3, 0.4) is 0 Å². The first-order chi connectivity index (χ1) is 12.4. The molecule has 0 aliphatic rings. The van der Waals surface area contributed by atoms with Crippen molar-refractivity contribution in [2.45, 2.75) is 27.7 Å². The Bertz CT molecular complexity index is 769. The zero-order chi connectivity index (χ0) is 19.1. The van der Waals surface area contributed by atoms with Crippen LogP contribution in [0.5, 0.6) is 5.75 Å². The Hall–Kier alpha value is -2.82. The average molecular weight is 354 g/mol. The molecule has 0 saturated carbocycles. The second-order valence-corrected chi connectivity index (χ2v) is 6.41. The number of benzene rings is 2. The summed E-state index contributed by atoms with van der Waals surface area (Å²) in [7, 11) is 0. The predicted octanol–water partition coefficient (Wildman–Crippen LogP) is 3.16. The molecule has 0 radical (unpaired) electrons. The lowest BCUT2D eigenvalue weighted by atomic mass is 10.1. The van der Waals surface area contributed by atoms with Crippen molar-refractivity contribution in [1.29, 1.82) is 0 Å². The van der Waals surface area contributed by atoms with Gasteiger partial charge in [0, 0.05) is 25.7 Å². The molecule has 2 amide bonds. The molecule has 2 aromatic rings. The number of nitrogens with one attached hydrogen (secondary N) is 1. The second-order valence-electron chi connectivity index (χ2n) is 6.41. The van der Waals surface area contributed by atoms with E-state index in [0.29, 0.717) is 18.8 Å². The quantitative estimate of drug-likeness (QED) is 0.831. The summed E-state index contributed by atoms with van der Waals surface area (Å²) in [5.41, 5.74) is 4.19. The highest BCUT2D eigenvalue weighted by Gasteiger charge is 2.14. The normalized spacial score (nSPS) is 10.3. The summed E-state index contributed by atoms with van der Waals surface area (Å²) in [6, 6.07) is 13.5. The monoisotopic (exact) mass is 354 g/mol. The van der Waals surface area contributed by atoms with E-state index >= 15 is 0 Å². The first-order valence-corrected chi connectivity index (χ1v) is 8.68. The highest BCUT2D eigenvalue weighted by atomic mass is 16.5. The lowest BCUT2D eigenvalue weighted by molar-refractivity contribution is -0.123. The molecule has 0 unspecified atom stereocenters. The van der Waals surface area contributed by atoms with Gasteiger partial charge in [0.2, 0.25) is 5.91 Å². The largest absolute Gasteiger partial charge is 0.484 e. The fourth-order valence-electron chi connectivity index (χ4n) is 2.70. The molecule has 2 aromatic carbocycles. The van der Waals surface area contributed by atoms with Crippen molar-refractivity contribution in [3.05, 3.63) is 59.2 Å². The van der Waals surface area contributed by atoms with Crippen LogP contribution in [0.15, 0.2) is 42.5 Å². The van der Waals surface area contributed by atoms with Crippen LogP contribution in [0.2, 0.25) is 0 Å². The van der Waals surface area contributed by atoms with Gasteiger partial charge in [0.25, 0.3) is 5.91 Å². The number of aryl methyl sites for hydroxylation is 3. The molecule has 5 heteroatoms. The molecule has 0 aliphatic carbocycles. The molecule has 0 atom stereocenters. The lowest BCUT2D eigenvalue weighted by Crippen LogP contribution is -2.39. The maximum atomic E-state index is 12.0. The van der Waals surface area contributed by atoms with Gasteiger partial charge in [-0.2, -0.15) is 0 Å². The van der Waals surface area contributed by atoms with Crippen LogP contribution in [0.4, 0.5) is 5.69 Å². The number of rotatable bonds is 7. The molecule has 2 rings (SSSR count). The molecule has 1 N–H and O–H groups in total. The summed E-state index contributed by atoms with van der Waals surface area (Å²) in [6.07, 6.45) is 0. The van der Waals surface area contributed by atoms with Crippen LogP contribution in [-0.2, 0) is 9.59 Å². The van der Waals surface area contributed by atoms with Crippen LogP contribution in [0.1, 0.15) is 23.6 Å². The van der Waals surface area contributed by atoms with E-state index in [4.69, 9.17) is 4.74 Å². The number of ether oxygens (including phenoxy) is 1. The van der Waals surface area contributed by atoms with Crippen LogP contribution in [-0.4, -0.2) is 31.5 Å². The maximum absolute atomic E-state index is 12.0. The van der Waals surface area contributed by atoms with E-state index in [9.17, 15) is 9.59 Å². The molecule has 0 aliphatic heterocycles. The van der Waals surface area contributed by atoms with E-state index in [2.05, 4.69) is 5.32 Å². The number of anilines is 1. The maximum Gasteiger partial charge on any atom is 0.258 e. The van der Waals surface area contributed by atoms with E-state index in [-0.39, 0.29) is 18.4 Å². The Balaban J connectivity index is 1.84. The van der Waals surface area contributed by atoms with Crippen molar-refractivity contribution in [1.82, 2.24) is 5.32 Å². The first-order valence-electron chi connectivity index (χ1n) is 8.68. The third-order valence-electron chi connectivity index (χ3n) is 4.07. The zero-order valence-corrected chi connectivity index (χ0v) is 15.8. The van der Waals surface area contributed by atoms with E-state index < -0.39 is 0 Å². The Morgan fingerprint density at radius 3 is 2.27 bits per heavy atom. The number of carbonyl (C=O) groups is 2. The van der Waals surface area contributed by atoms with Gasteiger partial charge in [0.15, 0.2) is 6.61 Å². The molecule has 0 spiro atoms. The lowest BCUT2D eigenvalue weighted by Gasteiger charge is -2.23. The Morgan fingerprint density at radius 2 is 1.65 bits per heavy atom. The predicted molar refractivity (Wildman–Crippen MR) is 104 cm³/mol. The molecular weight excluding hydrogens is 328 g/mol. The van der Waals surface area contributed by atoms with Gasteiger partial charge < -0.3 is 15.0 Å². The summed E-state index contributed by atoms with van der Waals surface area (Å²) in [5.74, 6) is 0.392. The number of hydrogen-bond acceptors (Lipinski definition) is 3. The van der Waals surface area contributed by atoms with Gasteiger partial charge in [0.05, 0.1) is 0 Å². The van der Waals surface area contributed by atoms with Crippen molar-refractivity contribution in [3.8, 4) is 5.75 Å². The number of hydrogen-bond donors (Lipinski definition) is 1. The van der Waals surface area contributed by atoms with Crippen LogP contribution in [0.25, 0.3) is 0 Å². The first kappa shape index (κ1) is 19.5. The van der Waals surface area contributed by atoms with Gasteiger partial charge >= 0.3 is 0 Å². The molecule has 0 aromatic heterocycles. The molecule has 138 valence electrons. The standard InChI is InChI=1S/C21H26N2O3/c1-15-5-8-19(9-6-15)26-14-21(25)22-11-12-23(18(4)24)20-10-7-16(2)13-17(20)3/h5-10,13H,11-12,14H2,1-4H3,(H,22,25). The number of nitrogens with zero attached hydrogens (tertiary/aromatic N) is 1. The second kappa shape index (κ2) is 9.04. The van der Waals surface area contributed by atoms with Crippen LogP contribution < -0.4 is 15.0 Å². The Morgan fingerprint density at radius 1 is 1.00 bits per heavy atom. The van der Waals surface area contributed by atoms with E-state index in [1.807, 2.05) is 63.2 Å². The minimum Gasteiger partial charge on any atom is -0.484 e. The van der Waals surface area contributed by atoms with Gasteiger partial charge in [-0.1, -0.05) is 35.4 Å². The summed E-state index contributed by atoms with van der Waals surface area (Å²) in [6.45, 7) is 8.25. The summed E-state index contributed by atoms with van der Waals surface area (Å²) in [5, 5.41) is 2.79. The smallest absolute Gasteiger partial charge is 0.258 e. The Labute approximate surface area is 155 Å². The third-order valence-corrected chi connectivity index (χ3v) is 4.07. The zero-order valence-electron chi connectivity index (χ0n) is 15.8. The number of amides is 2. The fraction of sp³-hybridized carbons (Fsp3) is 0.333.